The third-order valence-electron chi connectivity index (χ3n) is 2.77. The summed E-state index contributed by atoms with van der Waals surface area (Å²) in [7, 11) is 0. The van der Waals surface area contributed by atoms with Gasteiger partial charge in [-0.2, -0.15) is 18.3 Å². The third kappa shape index (κ3) is 3.53. The number of halogens is 3. The molecule has 2 rings (SSSR count). The molecule has 0 aliphatic carbocycles. The summed E-state index contributed by atoms with van der Waals surface area (Å²) >= 11 is 0. The molecule has 3 nitrogen and oxygen atoms in total. The first-order chi connectivity index (χ1) is 9.36. The van der Waals surface area contributed by atoms with Gasteiger partial charge in [-0.05, 0) is 18.1 Å². The summed E-state index contributed by atoms with van der Waals surface area (Å²) in [6.07, 6.45) is -4.34. The van der Waals surface area contributed by atoms with Crippen molar-refractivity contribution in [2.24, 2.45) is 5.92 Å². The van der Waals surface area contributed by atoms with Crippen LogP contribution in [0.3, 0.4) is 0 Å². The summed E-state index contributed by atoms with van der Waals surface area (Å²) in [5.74, 6) is 1.09. The van der Waals surface area contributed by atoms with E-state index in [1.165, 1.54) is 6.07 Å². The van der Waals surface area contributed by atoms with Crippen LogP contribution in [0.4, 0.5) is 19.0 Å². The summed E-state index contributed by atoms with van der Waals surface area (Å²) in [5, 5.41) is 9.90. The summed E-state index contributed by atoms with van der Waals surface area (Å²) in [5.41, 5.74) is 0.355. The van der Waals surface area contributed by atoms with Gasteiger partial charge in [0.05, 0.1) is 11.3 Å². The maximum atomic E-state index is 12.7. The van der Waals surface area contributed by atoms with Gasteiger partial charge in [-0.15, -0.1) is 0 Å². The first-order valence-electron chi connectivity index (χ1n) is 6.33. The van der Waals surface area contributed by atoms with Crippen LogP contribution in [0.1, 0.15) is 19.4 Å². The molecule has 1 aromatic carbocycles. The Morgan fingerprint density at radius 3 is 2.65 bits per heavy atom. The van der Waals surface area contributed by atoms with E-state index in [1.807, 2.05) is 0 Å². The summed E-state index contributed by atoms with van der Waals surface area (Å²) in [6.45, 7) is 4.88. The van der Waals surface area contributed by atoms with Gasteiger partial charge in [-0.25, -0.2) is 0 Å². The molecule has 0 aliphatic heterocycles. The lowest BCUT2D eigenvalue weighted by molar-refractivity contribution is -0.137. The molecule has 1 aromatic heterocycles. The summed E-state index contributed by atoms with van der Waals surface area (Å²) in [6, 6.07) is 6.88. The molecule has 2 N–H and O–H groups in total. The fourth-order valence-electron chi connectivity index (χ4n) is 1.73. The Morgan fingerprint density at radius 2 is 2.00 bits per heavy atom. The van der Waals surface area contributed by atoms with Crippen molar-refractivity contribution in [3.05, 3.63) is 35.9 Å². The zero-order valence-corrected chi connectivity index (χ0v) is 11.3. The number of anilines is 1. The van der Waals surface area contributed by atoms with E-state index in [1.54, 1.807) is 12.1 Å². The van der Waals surface area contributed by atoms with E-state index < -0.39 is 11.7 Å². The number of nitrogens with zero attached hydrogens (tertiary/aromatic N) is 1. The van der Waals surface area contributed by atoms with Crippen molar-refractivity contribution in [1.82, 2.24) is 10.2 Å². The lowest BCUT2D eigenvalue weighted by atomic mass is 10.1. The number of rotatable bonds is 4. The molecule has 6 heteroatoms. The van der Waals surface area contributed by atoms with E-state index in [4.69, 9.17) is 0 Å². The predicted octanol–water partition coefficient (Wildman–Crippen LogP) is 4.16. The second-order valence-electron chi connectivity index (χ2n) is 5.02. The quantitative estimate of drug-likeness (QED) is 0.884. The van der Waals surface area contributed by atoms with Gasteiger partial charge in [0.1, 0.15) is 5.82 Å². The number of alkyl halides is 3. The Kier molecular flexibility index (Phi) is 4.01. The van der Waals surface area contributed by atoms with Crippen molar-refractivity contribution in [2.75, 3.05) is 11.9 Å². The highest BCUT2D eigenvalue weighted by molar-refractivity contribution is 5.63. The molecule has 0 saturated heterocycles. The van der Waals surface area contributed by atoms with Crippen molar-refractivity contribution < 1.29 is 13.2 Å². The summed E-state index contributed by atoms with van der Waals surface area (Å²) < 4.78 is 38.0. The molecule has 2 aromatic rings. The van der Waals surface area contributed by atoms with E-state index >= 15 is 0 Å². The minimum atomic E-state index is -4.34. The minimum Gasteiger partial charge on any atom is -0.368 e. The first-order valence-corrected chi connectivity index (χ1v) is 6.33. The van der Waals surface area contributed by atoms with Gasteiger partial charge in [0, 0.05) is 18.2 Å². The van der Waals surface area contributed by atoms with Crippen molar-refractivity contribution in [3.8, 4) is 11.3 Å². The number of H-pyrrole nitrogens is 1. The van der Waals surface area contributed by atoms with Crippen molar-refractivity contribution in [1.29, 1.82) is 0 Å². The van der Waals surface area contributed by atoms with E-state index in [9.17, 15) is 13.2 Å². The summed E-state index contributed by atoms with van der Waals surface area (Å²) in [4.78, 5) is 0. The van der Waals surface area contributed by atoms with Crippen LogP contribution < -0.4 is 5.32 Å². The number of aromatic nitrogens is 2. The van der Waals surface area contributed by atoms with Gasteiger partial charge in [-0.3, -0.25) is 5.10 Å². The zero-order chi connectivity index (χ0) is 14.8. The molecule has 0 unspecified atom stereocenters. The Balaban J connectivity index is 2.20. The molecule has 1 heterocycles. The molecule has 0 amide bonds. The maximum Gasteiger partial charge on any atom is 0.416 e. The Hall–Kier alpha value is -1.98. The smallest absolute Gasteiger partial charge is 0.368 e. The molecule has 0 radical (unpaired) electrons. The second kappa shape index (κ2) is 5.56. The average Bonchev–Trinajstić information content (AvgIpc) is 2.84. The number of benzene rings is 1. The minimum absolute atomic E-state index is 0.462. The van der Waals surface area contributed by atoms with Crippen molar-refractivity contribution in [2.45, 2.75) is 20.0 Å². The standard InChI is InChI=1S/C14H16F3N3/c1-9(2)8-18-13-7-12(19-20-13)10-4-3-5-11(6-10)14(15,16)17/h3-7,9H,8H2,1-2H3,(H2,18,19,20). The molecule has 0 atom stereocenters. The highest BCUT2D eigenvalue weighted by atomic mass is 19.4. The largest absolute Gasteiger partial charge is 0.416 e. The Bertz CT molecular complexity index is 573. The Morgan fingerprint density at radius 1 is 1.25 bits per heavy atom. The van der Waals surface area contributed by atoms with Crippen LogP contribution in [0.2, 0.25) is 0 Å². The molecular formula is C14H16F3N3. The van der Waals surface area contributed by atoms with Crippen LogP contribution in [0.15, 0.2) is 30.3 Å². The lowest BCUT2D eigenvalue weighted by Crippen LogP contribution is -2.07. The van der Waals surface area contributed by atoms with Crippen LogP contribution in [0.25, 0.3) is 11.3 Å². The number of hydrogen-bond donors (Lipinski definition) is 2. The van der Waals surface area contributed by atoms with Gasteiger partial charge in [0.25, 0.3) is 0 Å². The second-order valence-corrected chi connectivity index (χ2v) is 5.02. The van der Waals surface area contributed by atoms with Gasteiger partial charge in [-0.1, -0.05) is 26.0 Å². The van der Waals surface area contributed by atoms with Crippen molar-refractivity contribution in [3.63, 3.8) is 0 Å². The number of nitrogens with one attached hydrogen (secondary N) is 2. The van der Waals surface area contributed by atoms with E-state index in [0.717, 1.165) is 18.7 Å². The molecule has 20 heavy (non-hydrogen) atoms. The van der Waals surface area contributed by atoms with Gasteiger partial charge >= 0.3 is 6.18 Å². The molecule has 0 fully saturated rings. The maximum absolute atomic E-state index is 12.7. The fourth-order valence-corrected chi connectivity index (χ4v) is 1.73. The number of aromatic amines is 1. The van der Waals surface area contributed by atoms with Crippen LogP contribution >= 0.6 is 0 Å². The highest BCUT2D eigenvalue weighted by Gasteiger charge is 2.30. The normalized spacial score (nSPS) is 11.9. The van der Waals surface area contributed by atoms with Crippen LogP contribution in [0, 0.1) is 5.92 Å². The van der Waals surface area contributed by atoms with Gasteiger partial charge in [0.15, 0.2) is 0 Å². The van der Waals surface area contributed by atoms with Crippen LogP contribution in [-0.2, 0) is 6.18 Å². The molecule has 108 valence electrons. The Labute approximate surface area is 115 Å². The third-order valence-corrected chi connectivity index (χ3v) is 2.77. The SMILES string of the molecule is CC(C)CNc1cc(-c2cccc(C(F)(F)F)c2)[nH]n1. The molecular weight excluding hydrogens is 267 g/mol. The van der Waals surface area contributed by atoms with Crippen LogP contribution in [0.5, 0.6) is 0 Å². The van der Waals surface area contributed by atoms with E-state index in [0.29, 0.717) is 23.0 Å². The number of hydrogen-bond acceptors (Lipinski definition) is 2. The predicted molar refractivity (Wildman–Crippen MR) is 72.4 cm³/mol. The lowest BCUT2D eigenvalue weighted by Gasteiger charge is -2.07. The van der Waals surface area contributed by atoms with Gasteiger partial charge < -0.3 is 5.32 Å². The molecule has 0 saturated carbocycles. The molecule has 0 aliphatic rings. The van der Waals surface area contributed by atoms with Crippen molar-refractivity contribution >= 4 is 5.82 Å². The highest BCUT2D eigenvalue weighted by Crippen LogP contribution is 2.32. The molecule has 0 spiro atoms. The average molecular weight is 283 g/mol. The zero-order valence-electron chi connectivity index (χ0n) is 11.3. The monoisotopic (exact) mass is 283 g/mol. The fraction of sp³-hybridized carbons (Fsp3) is 0.357. The molecule has 0 bridgehead atoms. The van der Waals surface area contributed by atoms with E-state index in [-0.39, 0.29) is 0 Å². The van der Waals surface area contributed by atoms with Crippen LogP contribution in [-0.4, -0.2) is 16.7 Å². The topological polar surface area (TPSA) is 40.7 Å². The van der Waals surface area contributed by atoms with E-state index in [2.05, 4.69) is 29.4 Å². The first kappa shape index (κ1) is 14.4. The van der Waals surface area contributed by atoms with Gasteiger partial charge in [0.2, 0.25) is 0 Å².